The molecule has 3 aliphatic rings. The maximum absolute atomic E-state index is 16.2. The Labute approximate surface area is 259 Å². The van der Waals surface area contributed by atoms with Crippen molar-refractivity contribution in [3.05, 3.63) is 29.3 Å². The van der Waals surface area contributed by atoms with Crippen molar-refractivity contribution >= 4 is 64.2 Å². The van der Waals surface area contributed by atoms with Crippen LogP contribution in [0.25, 0.3) is 22.3 Å². The maximum Gasteiger partial charge on any atom is 0.280 e. The number of nitrogens with one attached hydrogen (secondary N) is 1. The van der Waals surface area contributed by atoms with Crippen molar-refractivity contribution in [3.8, 4) is 0 Å². The molecule has 248 valence electrons. The number of nitrogen functional groups attached to an aromatic ring is 2. The minimum absolute atomic E-state index is 0.0146. The van der Waals surface area contributed by atoms with Gasteiger partial charge in [-0.3, -0.25) is 18.9 Å². The number of anilines is 2. The lowest BCUT2D eigenvalue weighted by molar-refractivity contribution is -0.0578. The van der Waals surface area contributed by atoms with Gasteiger partial charge in [0.2, 0.25) is 5.95 Å². The molecule has 2 unspecified atom stereocenters. The van der Waals surface area contributed by atoms with Gasteiger partial charge in [0.05, 0.1) is 41.0 Å². The highest BCUT2D eigenvalue weighted by Crippen LogP contribution is 2.54. The summed E-state index contributed by atoms with van der Waals surface area (Å²) in [6, 6.07) is 0. The first-order chi connectivity index (χ1) is 21.9. The van der Waals surface area contributed by atoms with Crippen LogP contribution in [0.15, 0.2) is 23.8 Å². The molecule has 7 heterocycles. The number of nitrogens with two attached hydrogens (primary N) is 2. The van der Waals surface area contributed by atoms with E-state index in [1.54, 1.807) is 0 Å². The number of hydrogen-bond acceptors (Lipinski definition) is 17. The average Bonchev–Trinajstić information content (AvgIpc) is 3.75. The number of H-pyrrole nitrogens is 1. The summed E-state index contributed by atoms with van der Waals surface area (Å²) in [6.45, 7) is -0.728. The van der Waals surface area contributed by atoms with Crippen molar-refractivity contribution in [3.63, 3.8) is 0 Å². The van der Waals surface area contributed by atoms with Crippen LogP contribution < -0.4 is 17.0 Å². The molecule has 4 aromatic rings. The Morgan fingerprint density at radius 2 is 1.57 bits per heavy atom. The fourth-order valence-corrected chi connectivity index (χ4v) is 6.89. The Morgan fingerprint density at radius 1 is 0.935 bits per heavy atom. The summed E-state index contributed by atoms with van der Waals surface area (Å²) in [5.74, 6) is -0.0603. The molecule has 0 saturated carbocycles. The van der Waals surface area contributed by atoms with Crippen molar-refractivity contribution in [1.29, 1.82) is 0 Å². The Hall–Kier alpha value is -3.26. The first-order valence-electron chi connectivity index (χ1n) is 12.9. The standard InChI is InChI=1S/C21H29B2FN10O10P2/c1-38-13-8-3-40-45(22,36)43-12-7(41-19(9(12)24)33-5-29-10-15(25)27-4-28-16(10)33)2-39-46(23,37)44-14(13)20(42-8)34-6-30-11-17(34)31-21(26)32-18(11)35/h4-9,12-14,19-20H,2-3H2,1,22-23H3,(H2,25,27,28)(H3,26,31,32,35)/q-2/t7-,8?,9+,12+,13+,14+,19?,20-,45-,46-/m1/s1. The second-order valence-electron chi connectivity index (χ2n) is 9.81. The van der Waals surface area contributed by atoms with Gasteiger partial charge in [-0.25, -0.2) is 24.3 Å². The van der Waals surface area contributed by atoms with Gasteiger partial charge in [-0.2, -0.15) is 4.98 Å². The summed E-state index contributed by atoms with van der Waals surface area (Å²) in [5.41, 5.74) is 11.6. The third kappa shape index (κ3) is 5.44. The highest BCUT2D eigenvalue weighted by atomic mass is 31.2. The van der Waals surface area contributed by atoms with Gasteiger partial charge in [-0.1, -0.05) is 0 Å². The molecular weight excluding hydrogens is 655 g/mol. The predicted octanol–water partition coefficient (Wildman–Crippen LogP) is -1.96. The number of fused-ring (bicyclic) bond motifs is 5. The van der Waals surface area contributed by atoms with Gasteiger partial charge in [-0.15, -0.1) is 0 Å². The molecule has 46 heavy (non-hydrogen) atoms. The fraction of sp³-hybridized carbons (Fsp3) is 0.524. The van der Waals surface area contributed by atoms with Crippen LogP contribution in [0.2, 0.25) is 0 Å². The van der Waals surface area contributed by atoms with E-state index in [1.807, 2.05) is 0 Å². The lowest BCUT2D eigenvalue weighted by atomic mass is 10.1. The molecule has 4 aromatic heterocycles. The monoisotopic (exact) mass is 684 g/mol. The first kappa shape index (κ1) is 31.3. The lowest BCUT2D eigenvalue weighted by Crippen LogP contribution is -2.37. The summed E-state index contributed by atoms with van der Waals surface area (Å²) in [7, 11) is -8.53. The Bertz CT molecular complexity index is 1970. The van der Waals surface area contributed by atoms with Crippen molar-refractivity contribution in [2.24, 2.45) is 0 Å². The molecular formula is C21H29B2FN10O10P2-2. The van der Waals surface area contributed by atoms with E-state index in [-0.39, 0.29) is 40.7 Å². The van der Waals surface area contributed by atoms with Crippen LogP contribution in [0.1, 0.15) is 12.5 Å². The number of nitrogens with zero attached hydrogens (tertiary/aromatic N) is 7. The molecule has 3 aliphatic heterocycles. The van der Waals surface area contributed by atoms with Crippen molar-refractivity contribution in [1.82, 2.24) is 39.0 Å². The van der Waals surface area contributed by atoms with Gasteiger partial charge in [-0.05, 0) is 0 Å². The topological polar surface area (TPSA) is 258 Å². The molecule has 20 nitrogen and oxygen atoms in total. The van der Waals surface area contributed by atoms with Crippen molar-refractivity contribution in [2.45, 2.75) is 49.1 Å². The third-order valence-corrected chi connectivity index (χ3v) is 8.87. The molecule has 25 heteroatoms. The van der Waals surface area contributed by atoms with E-state index < -0.39 is 91.4 Å². The maximum atomic E-state index is 16.2. The molecule has 0 radical (unpaired) electrons. The van der Waals surface area contributed by atoms with Gasteiger partial charge in [0.15, 0.2) is 41.3 Å². The molecule has 5 N–H and O–H groups in total. The van der Waals surface area contributed by atoms with E-state index in [4.69, 9.17) is 43.8 Å². The Morgan fingerprint density at radius 3 is 2.28 bits per heavy atom. The number of rotatable bonds is 3. The van der Waals surface area contributed by atoms with Gasteiger partial charge < -0.3 is 52.9 Å². The second-order valence-corrected chi connectivity index (χ2v) is 11.6. The lowest BCUT2D eigenvalue weighted by Gasteiger charge is -2.31. The molecule has 0 amide bonds. The summed E-state index contributed by atoms with van der Waals surface area (Å²) >= 11 is 0. The van der Waals surface area contributed by atoms with Crippen LogP contribution in [0, 0.1) is 0 Å². The predicted molar refractivity (Wildman–Crippen MR) is 163 cm³/mol. The quantitative estimate of drug-likeness (QED) is 0.156. The zero-order valence-corrected chi connectivity index (χ0v) is 24.2. The SMILES string of the molecule is [BH3-][P@@]1(=O)OCC2O[C@@H](n3cnc4c(=O)[nH]c(N)nc43)[C@@H](O[P@]([BH3-])(=O)OC[C@H]3OC(n4cnc5c(N)ncnc54)[C@@H](F)[C@H]3O1)[C@H]2OC. The Balaban J connectivity index is 1.22. The molecule has 0 aromatic carbocycles. The number of alkyl halides is 1. The van der Waals surface area contributed by atoms with E-state index >= 15 is 4.39 Å². The number of imidazole rings is 2. The normalized spacial score (nSPS) is 37.1. The van der Waals surface area contributed by atoms with Crippen LogP contribution >= 0.6 is 14.9 Å². The summed E-state index contributed by atoms with van der Waals surface area (Å²) in [5, 5.41) is 0. The smallest absolute Gasteiger partial charge is 0.280 e. The zero-order valence-electron chi connectivity index (χ0n) is 22.4. The second kappa shape index (κ2) is 11.5. The first-order valence-corrected chi connectivity index (χ1v) is 15.1. The number of hydrogen-bond donors (Lipinski definition) is 3. The highest BCUT2D eigenvalue weighted by Gasteiger charge is 2.52. The van der Waals surface area contributed by atoms with Crippen LogP contribution in [-0.2, 0) is 41.4 Å². The molecule has 7 rings (SSSR count). The minimum Gasteiger partial charge on any atom is -0.382 e. The summed E-state index contributed by atoms with van der Waals surface area (Å²) in [4.78, 5) is 35.4. The molecule has 0 aliphatic carbocycles. The van der Waals surface area contributed by atoms with Gasteiger partial charge in [0.25, 0.3) is 5.56 Å². The van der Waals surface area contributed by atoms with E-state index in [0.29, 0.717) is 0 Å². The van der Waals surface area contributed by atoms with Crippen molar-refractivity contribution < 1.29 is 45.8 Å². The molecule has 3 saturated heterocycles. The van der Waals surface area contributed by atoms with Gasteiger partial charge in [0.1, 0.15) is 57.3 Å². The third-order valence-electron chi connectivity index (χ3n) is 7.31. The van der Waals surface area contributed by atoms with E-state index in [2.05, 4.69) is 29.9 Å². The largest absolute Gasteiger partial charge is 0.382 e. The number of methoxy groups -OCH3 is 1. The highest BCUT2D eigenvalue weighted by molar-refractivity contribution is 7.79. The molecule has 2 bridgehead atoms. The number of aromatic amines is 1. The van der Waals surface area contributed by atoms with Crippen LogP contribution in [0.5, 0.6) is 0 Å². The summed E-state index contributed by atoms with van der Waals surface area (Å²) < 4.78 is 88.3. The van der Waals surface area contributed by atoms with E-state index in [0.717, 1.165) is 0 Å². The molecule has 0 spiro atoms. The number of aromatic nitrogens is 8. The van der Waals surface area contributed by atoms with Gasteiger partial charge >= 0.3 is 0 Å². The average molecular weight is 684 g/mol. The van der Waals surface area contributed by atoms with Crippen LogP contribution in [0.3, 0.4) is 0 Å². The molecule has 10 atom stereocenters. The Kier molecular flexibility index (Phi) is 7.81. The van der Waals surface area contributed by atoms with E-state index in [9.17, 15) is 13.9 Å². The van der Waals surface area contributed by atoms with Crippen LogP contribution in [0.4, 0.5) is 16.2 Å². The van der Waals surface area contributed by atoms with Crippen LogP contribution in [-0.4, -0.2) is 111 Å². The van der Waals surface area contributed by atoms with Crippen molar-refractivity contribution in [2.75, 3.05) is 31.8 Å². The number of halogens is 1. The minimum atomic E-state index is -3.77. The zero-order chi connectivity index (χ0) is 32.5. The fourth-order valence-electron chi connectivity index (χ4n) is 5.36. The number of ether oxygens (including phenoxy) is 3. The summed E-state index contributed by atoms with van der Waals surface area (Å²) in [6.07, 6.45) is -5.97. The molecule has 3 fully saturated rings. The van der Waals surface area contributed by atoms with E-state index in [1.165, 1.54) is 35.2 Å². The van der Waals surface area contributed by atoms with Gasteiger partial charge in [0, 0.05) is 7.11 Å².